The van der Waals surface area contributed by atoms with Crippen LogP contribution in [0.4, 0.5) is 0 Å². The topological polar surface area (TPSA) is 75.5 Å². The summed E-state index contributed by atoms with van der Waals surface area (Å²) in [5.41, 5.74) is 2.77. The fraction of sp³-hybridized carbons (Fsp3) is 0.346. The number of hydrogen-bond donors (Lipinski definition) is 1. The van der Waals surface area contributed by atoms with Gasteiger partial charge in [-0.1, -0.05) is 48.5 Å². The van der Waals surface area contributed by atoms with Crippen LogP contribution in [0.5, 0.6) is 0 Å². The maximum Gasteiger partial charge on any atom is 0.293 e. The highest BCUT2D eigenvalue weighted by Gasteiger charge is 2.53. The van der Waals surface area contributed by atoms with E-state index in [4.69, 9.17) is 4.74 Å². The van der Waals surface area contributed by atoms with Crippen molar-refractivity contribution in [2.45, 2.75) is 43.4 Å². The number of ether oxygens (including phenoxy) is 1. The molecular formula is C26H27N3O3. The van der Waals surface area contributed by atoms with E-state index in [2.05, 4.69) is 21.8 Å². The molecule has 0 radical (unpaired) electrons. The maximum absolute atomic E-state index is 12.5. The van der Waals surface area contributed by atoms with E-state index in [1.54, 1.807) is 12.4 Å². The van der Waals surface area contributed by atoms with Crippen molar-refractivity contribution in [2.75, 3.05) is 13.1 Å². The Morgan fingerprint density at radius 3 is 2.12 bits per heavy atom. The molecule has 0 saturated carbocycles. The van der Waals surface area contributed by atoms with Crippen LogP contribution in [-0.2, 0) is 15.1 Å². The Morgan fingerprint density at radius 2 is 1.56 bits per heavy atom. The van der Waals surface area contributed by atoms with E-state index in [0.29, 0.717) is 6.47 Å². The molecule has 2 heterocycles. The average molecular weight is 430 g/mol. The molecule has 3 atom stereocenters. The van der Waals surface area contributed by atoms with Crippen molar-refractivity contribution in [1.29, 1.82) is 0 Å². The molecule has 1 saturated heterocycles. The Hall–Kier alpha value is -3.09. The summed E-state index contributed by atoms with van der Waals surface area (Å²) in [6, 6.07) is 15.6. The average Bonchev–Trinajstić information content (AvgIpc) is 3.47. The van der Waals surface area contributed by atoms with Crippen LogP contribution in [0.1, 0.15) is 42.4 Å². The van der Waals surface area contributed by atoms with Crippen LogP contribution in [0.2, 0.25) is 0 Å². The molecule has 1 aromatic heterocycles. The molecule has 1 aliphatic carbocycles. The van der Waals surface area contributed by atoms with E-state index < -0.39 is 11.7 Å². The van der Waals surface area contributed by atoms with Crippen LogP contribution < -0.4 is 0 Å². The monoisotopic (exact) mass is 429 g/mol. The van der Waals surface area contributed by atoms with Crippen molar-refractivity contribution < 1.29 is 14.6 Å². The van der Waals surface area contributed by atoms with Gasteiger partial charge in [-0.25, -0.2) is 9.97 Å². The van der Waals surface area contributed by atoms with Gasteiger partial charge in [-0.15, -0.1) is 0 Å². The SMILES string of the molecule is CC([C@H](c1cncnc1)C(OC=O)C1(O)c2ccccc2-c2ccccc21)N1CCCC1. The summed E-state index contributed by atoms with van der Waals surface area (Å²) in [5.74, 6) is -0.330. The van der Waals surface area contributed by atoms with Gasteiger partial charge in [0.1, 0.15) is 12.4 Å². The summed E-state index contributed by atoms with van der Waals surface area (Å²) in [4.78, 5) is 22.7. The van der Waals surface area contributed by atoms with Crippen LogP contribution in [0.15, 0.2) is 67.3 Å². The zero-order valence-corrected chi connectivity index (χ0v) is 18.1. The third-order valence-electron chi connectivity index (χ3n) is 7.11. The van der Waals surface area contributed by atoms with Gasteiger partial charge in [0.25, 0.3) is 6.47 Å². The van der Waals surface area contributed by atoms with Gasteiger partial charge in [0.2, 0.25) is 0 Å². The predicted molar refractivity (Wildman–Crippen MR) is 121 cm³/mol. The highest BCUT2D eigenvalue weighted by molar-refractivity contribution is 5.80. The molecule has 1 N–H and O–H groups in total. The second-order valence-electron chi connectivity index (χ2n) is 8.69. The fourth-order valence-corrected chi connectivity index (χ4v) is 5.62. The number of hydrogen-bond acceptors (Lipinski definition) is 6. The number of aliphatic hydroxyl groups is 1. The summed E-state index contributed by atoms with van der Waals surface area (Å²) < 4.78 is 5.83. The first kappa shape index (κ1) is 20.8. The first-order valence-corrected chi connectivity index (χ1v) is 11.2. The summed E-state index contributed by atoms with van der Waals surface area (Å²) in [6.45, 7) is 4.55. The number of nitrogens with zero attached hydrogens (tertiary/aromatic N) is 3. The standard InChI is InChI=1S/C26H27N3O3/c1-18(29-12-6-7-13-29)24(19-14-27-16-28-15-19)25(32-17-30)26(31)22-10-4-2-8-20(22)21-9-3-5-11-23(21)26/h2-5,8-11,14-18,24-25,31H,6-7,12-13H2,1H3/t18?,24-,25?/m1/s1. The molecule has 2 unspecified atom stereocenters. The van der Waals surface area contributed by atoms with Crippen molar-refractivity contribution in [3.8, 4) is 11.1 Å². The van der Waals surface area contributed by atoms with E-state index in [-0.39, 0.29) is 12.0 Å². The van der Waals surface area contributed by atoms with Crippen molar-refractivity contribution in [3.63, 3.8) is 0 Å². The van der Waals surface area contributed by atoms with Gasteiger partial charge < -0.3 is 9.84 Å². The lowest BCUT2D eigenvalue weighted by Crippen LogP contribution is -2.50. The van der Waals surface area contributed by atoms with E-state index in [1.165, 1.54) is 6.33 Å². The van der Waals surface area contributed by atoms with Crippen molar-refractivity contribution >= 4 is 6.47 Å². The van der Waals surface area contributed by atoms with Crippen LogP contribution in [0.25, 0.3) is 11.1 Å². The Labute approximate surface area is 187 Å². The first-order chi connectivity index (χ1) is 15.7. The molecule has 2 aromatic carbocycles. The molecule has 6 heteroatoms. The number of rotatable bonds is 7. The zero-order valence-electron chi connectivity index (χ0n) is 18.1. The van der Waals surface area contributed by atoms with Gasteiger partial charge in [0.05, 0.1) is 0 Å². The third kappa shape index (κ3) is 3.22. The van der Waals surface area contributed by atoms with Crippen LogP contribution in [0, 0.1) is 0 Å². The molecule has 0 spiro atoms. The number of aromatic nitrogens is 2. The minimum absolute atomic E-state index is 0.0115. The van der Waals surface area contributed by atoms with Crippen molar-refractivity contribution in [3.05, 3.63) is 83.9 Å². The van der Waals surface area contributed by atoms with E-state index in [9.17, 15) is 9.90 Å². The van der Waals surface area contributed by atoms with Crippen molar-refractivity contribution in [1.82, 2.24) is 14.9 Å². The van der Waals surface area contributed by atoms with Crippen LogP contribution in [-0.4, -0.2) is 51.7 Å². The molecule has 32 heavy (non-hydrogen) atoms. The molecule has 2 aliphatic rings. The quantitative estimate of drug-likeness (QED) is 0.580. The summed E-state index contributed by atoms with van der Waals surface area (Å²) in [5, 5.41) is 12.5. The number of fused-ring (bicyclic) bond motifs is 3. The molecule has 1 fully saturated rings. The predicted octanol–water partition coefficient (Wildman–Crippen LogP) is 3.50. The number of likely N-dealkylation sites (tertiary alicyclic amines) is 1. The van der Waals surface area contributed by atoms with E-state index >= 15 is 0 Å². The second-order valence-corrected chi connectivity index (χ2v) is 8.69. The van der Waals surface area contributed by atoms with E-state index in [1.807, 2.05) is 48.5 Å². The molecular weight excluding hydrogens is 402 g/mol. The Balaban J connectivity index is 1.71. The maximum atomic E-state index is 12.5. The third-order valence-corrected chi connectivity index (χ3v) is 7.11. The zero-order chi connectivity index (χ0) is 22.1. The van der Waals surface area contributed by atoms with E-state index in [0.717, 1.165) is 53.7 Å². The van der Waals surface area contributed by atoms with Gasteiger partial charge >= 0.3 is 0 Å². The lowest BCUT2D eigenvalue weighted by molar-refractivity contribution is -0.151. The molecule has 164 valence electrons. The first-order valence-electron chi connectivity index (χ1n) is 11.2. The Bertz CT molecular complexity index is 1050. The van der Waals surface area contributed by atoms with Gasteiger partial charge in [-0.05, 0) is 60.7 Å². The Morgan fingerprint density at radius 1 is 1.00 bits per heavy atom. The van der Waals surface area contributed by atoms with Gasteiger partial charge in [0, 0.05) is 24.4 Å². The number of benzene rings is 2. The largest absolute Gasteiger partial charge is 0.460 e. The minimum Gasteiger partial charge on any atom is -0.460 e. The molecule has 5 rings (SSSR count). The fourth-order valence-electron chi connectivity index (χ4n) is 5.62. The molecule has 0 bridgehead atoms. The number of carbonyl (C=O) groups excluding carboxylic acids is 1. The molecule has 6 nitrogen and oxygen atoms in total. The molecule has 1 aliphatic heterocycles. The highest BCUT2D eigenvalue weighted by Crippen LogP contribution is 2.53. The van der Waals surface area contributed by atoms with Gasteiger partial charge in [0.15, 0.2) is 5.60 Å². The van der Waals surface area contributed by atoms with Gasteiger partial charge in [-0.3, -0.25) is 9.69 Å². The summed E-state index contributed by atoms with van der Waals surface area (Å²) in [6.07, 6.45) is 6.44. The Kier molecular flexibility index (Phi) is 5.49. The molecule has 0 amide bonds. The summed E-state index contributed by atoms with van der Waals surface area (Å²) >= 11 is 0. The lowest BCUT2D eigenvalue weighted by atomic mass is 9.74. The highest BCUT2D eigenvalue weighted by atomic mass is 16.5. The van der Waals surface area contributed by atoms with Crippen LogP contribution >= 0.6 is 0 Å². The summed E-state index contributed by atoms with van der Waals surface area (Å²) in [7, 11) is 0. The van der Waals surface area contributed by atoms with Gasteiger partial charge in [-0.2, -0.15) is 0 Å². The minimum atomic E-state index is -1.50. The van der Waals surface area contributed by atoms with Crippen LogP contribution in [0.3, 0.4) is 0 Å². The second kappa shape index (κ2) is 8.45. The lowest BCUT2D eigenvalue weighted by Gasteiger charge is -2.42. The molecule has 3 aromatic rings. The smallest absolute Gasteiger partial charge is 0.293 e. The van der Waals surface area contributed by atoms with Crippen molar-refractivity contribution in [2.24, 2.45) is 0 Å². The normalized spacial score (nSPS) is 19.6. The number of carbonyl (C=O) groups is 1.